The van der Waals surface area contributed by atoms with Crippen LogP contribution in [0.15, 0.2) is 53.5 Å². The first-order chi connectivity index (χ1) is 12.1. The van der Waals surface area contributed by atoms with E-state index in [9.17, 15) is 0 Å². The van der Waals surface area contributed by atoms with Crippen molar-refractivity contribution < 1.29 is 0 Å². The fourth-order valence-corrected chi connectivity index (χ4v) is 2.73. The molecule has 0 unspecified atom stereocenters. The molecule has 26 heavy (non-hydrogen) atoms. The van der Waals surface area contributed by atoms with Gasteiger partial charge in [0.1, 0.15) is 0 Å². The van der Waals surface area contributed by atoms with Crippen molar-refractivity contribution in [1.82, 2.24) is 15.5 Å². The molecule has 0 heterocycles. The lowest BCUT2D eigenvalue weighted by Crippen LogP contribution is -2.38. The summed E-state index contributed by atoms with van der Waals surface area (Å²) in [5, 5.41) is 7.52. The highest BCUT2D eigenvalue weighted by Crippen LogP contribution is 2.11. The summed E-state index contributed by atoms with van der Waals surface area (Å²) in [7, 11) is 5.96. The lowest BCUT2D eigenvalue weighted by atomic mass is 10.1. The van der Waals surface area contributed by atoms with Gasteiger partial charge in [-0.3, -0.25) is 4.99 Å². The first kappa shape index (κ1) is 22.7. The molecule has 0 saturated carbocycles. The minimum absolute atomic E-state index is 0. The van der Waals surface area contributed by atoms with Crippen LogP contribution in [0.2, 0.25) is 5.02 Å². The van der Waals surface area contributed by atoms with E-state index in [1.54, 1.807) is 7.05 Å². The van der Waals surface area contributed by atoms with Crippen LogP contribution in [-0.4, -0.2) is 38.5 Å². The summed E-state index contributed by atoms with van der Waals surface area (Å²) in [6, 6.07) is 16.4. The Balaban J connectivity index is 0.00000338. The van der Waals surface area contributed by atoms with Crippen molar-refractivity contribution in [2.45, 2.75) is 19.5 Å². The van der Waals surface area contributed by atoms with E-state index < -0.39 is 0 Å². The average molecular weight is 487 g/mol. The van der Waals surface area contributed by atoms with Gasteiger partial charge in [-0.2, -0.15) is 0 Å². The normalized spacial score (nSPS) is 11.2. The number of hydrogen-bond acceptors (Lipinski definition) is 2. The molecule has 0 atom stereocenters. The van der Waals surface area contributed by atoms with Gasteiger partial charge in [0.2, 0.25) is 0 Å². The van der Waals surface area contributed by atoms with Crippen LogP contribution < -0.4 is 10.6 Å². The summed E-state index contributed by atoms with van der Waals surface area (Å²) in [6.45, 7) is 2.51. The quantitative estimate of drug-likeness (QED) is 0.354. The van der Waals surface area contributed by atoms with Crippen molar-refractivity contribution in [3.8, 4) is 0 Å². The SMILES string of the molecule is CN=C(NCCc1ccc(Cl)cc1)NCc1ccccc1CN(C)C.I. The molecule has 0 aliphatic carbocycles. The van der Waals surface area contributed by atoms with Crippen molar-refractivity contribution in [3.63, 3.8) is 0 Å². The van der Waals surface area contributed by atoms with Gasteiger partial charge in [-0.05, 0) is 49.3 Å². The second-order valence-electron chi connectivity index (χ2n) is 6.24. The number of halogens is 2. The van der Waals surface area contributed by atoms with Gasteiger partial charge in [-0.15, -0.1) is 24.0 Å². The van der Waals surface area contributed by atoms with Crippen molar-refractivity contribution in [3.05, 3.63) is 70.2 Å². The van der Waals surface area contributed by atoms with Gasteiger partial charge < -0.3 is 15.5 Å². The Morgan fingerprint density at radius 3 is 2.27 bits per heavy atom. The third-order valence-electron chi connectivity index (χ3n) is 3.89. The van der Waals surface area contributed by atoms with Gasteiger partial charge in [-0.25, -0.2) is 0 Å². The van der Waals surface area contributed by atoms with E-state index in [2.05, 4.69) is 71.0 Å². The van der Waals surface area contributed by atoms with Gasteiger partial charge >= 0.3 is 0 Å². The minimum Gasteiger partial charge on any atom is -0.356 e. The van der Waals surface area contributed by atoms with E-state index in [1.807, 2.05) is 12.1 Å². The van der Waals surface area contributed by atoms with Gasteiger partial charge in [-0.1, -0.05) is 48.0 Å². The summed E-state index contributed by atoms with van der Waals surface area (Å²) in [6.07, 6.45) is 0.926. The summed E-state index contributed by atoms with van der Waals surface area (Å²) < 4.78 is 0. The minimum atomic E-state index is 0. The van der Waals surface area contributed by atoms with Gasteiger partial charge in [0, 0.05) is 31.7 Å². The zero-order chi connectivity index (χ0) is 18.1. The zero-order valence-electron chi connectivity index (χ0n) is 15.6. The molecule has 2 N–H and O–H groups in total. The van der Waals surface area contributed by atoms with Crippen LogP contribution in [0, 0.1) is 0 Å². The molecule has 0 saturated heterocycles. The van der Waals surface area contributed by atoms with Gasteiger partial charge in [0.15, 0.2) is 5.96 Å². The number of nitrogens with zero attached hydrogens (tertiary/aromatic N) is 2. The molecule has 0 aromatic heterocycles. The Kier molecular flexibility index (Phi) is 10.6. The number of guanidine groups is 1. The molecule has 0 radical (unpaired) electrons. The molecular formula is C20H28ClIN4. The third-order valence-corrected chi connectivity index (χ3v) is 4.15. The first-order valence-corrected chi connectivity index (χ1v) is 8.86. The highest BCUT2D eigenvalue weighted by Gasteiger charge is 2.04. The van der Waals surface area contributed by atoms with Crippen LogP contribution in [-0.2, 0) is 19.5 Å². The van der Waals surface area contributed by atoms with E-state index in [0.29, 0.717) is 0 Å². The topological polar surface area (TPSA) is 39.7 Å². The number of hydrogen-bond donors (Lipinski definition) is 2. The van der Waals surface area contributed by atoms with Crippen molar-refractivity contribution in [2.75, 3.05) is 27.7 Å². The molecule has 4 nitrogen and oxygen atoms in total. The molecule has 142 valence electrons. The van der Waals surface area contributed by atoms with Crippen LogP contribution >= 0.6 is 35.6 Å². The summed E-state index contributed by atoms with van der Waals surface area (Å²) in [5.74, 6) is 0.814. The average Bonchev–Trinajstić information content (AvgIpc) is 2.60. The van der Waals surface area contributed by atoms with E-state index >= 15 is 0 Å². The maximum absolute atomic E-state index is 5.91. The number of aliphatic imine (C=N–C) groups is 1. The summed E-state index contributed by atoms with van der Waals surface area (Å²) in [5.41, 5.74) is 3.87. The smallest absolute Gasteiger partial charge is 0.191 e. The van der Waals surface area contributed by atoms with E-state index in [-0.39, 0.29) is 24.0 Å². The monoisotopic (exact) mass is 486 g/mol. The maximum Gasteiger partial charge on any atom is 0.191 e. The summed E-state index contributed by atoms with van der Waals surface area (Å²) in [4.78, 5) is 6.48. The molecule has 0 amide bonds. The van der Waals surface area contributed by atoms with Crippen molar-refractivity contribution >= 4 is 41.5 Å². The predicted octanol–water partition coefficient (Wildman–Crippen LogP) is 3.93. The third kappa shape index (κ3) is 7.93. The molecule has 0 aliphatic rings. The van der Waals surface area contributed by atoms with Crippen LogP contribution in [0.4, 0.5) is 0 Å². The zero-order valence-corrected chi connectivity index (χ0v) is 18.7. The molecule has 6 heteroatoms. The van der Waals surface area contributed by atoms with E-state index in [4.69, 9.17) is 11.6 Å². The highest BCUT2D eigenvalue weighted by atomic mass is 127. The Morgan fingerprint density at radius 2 is 1.65 bits per heavy atom. The van der Waals surface area contributed by atoms with Gasteiger partial charge in [0.05, 0.1) is 0 Å². The van der Waals surface area contributed by atoms with Crippen LogP contribution in [0.5, 0.6) is 0 Å². The number of nitrogens with one attached hydrogen (secondary N) is 2. The van der Waals surface area contributed by atoms with Crippen LogP contribution in [0.1, 0.15) is 16.7 Å². The van der Waals surface area contributed by atoms with E-state index in [1.165, 1.54) is 16.7 Å². The molecule has 0 fully saturated rings. The van der Waals surface area contributed by atoms with E-state index in [0.717, 1.165) is 37.0 Å². The van der Waals surface area contributed by atoms with Crippen molar-refractivity contribution in [2.24, 2.45) is 4.99 Å². The van der Waals surface area contributed by atoms with Crippen LogP contribution in [0.3, 0.4) is 0 Å². The number of rotatable bonds is 7. The fraction of sp³-hybridized carbons (Fsp3) is 0.350. The highest BCUT2D eigenvalue weighted by molar-refractivity contribution is 14.0. The lowest BCUT2D eigenvalue weighted by Gasteiger charge is -2.16. The molecule has 2 rings (SSSR count). The molecule has 0 aliphatic heterocycles. The fourth-order valence-electron chi connectivity index (χ4n) is 2.60. The van der Waals surface area contributed by atoms with Crippen LogP contribution in [0.25, 0.3) is 0 Å². The Hall–Kier alpha value is -1.31. The van der Waals surface area contributed by atoms with Gasteiger partial charge in [0.25, 0.3) is 0 Å². The maximum atomic E-state index is 5.91. The lowest BCUT2D eigenvalue weighted by molar-refractivity contribution is 0.400. The number of benzene rings is 2. The molecule has 0 bridgehead atoms. The largest absolute Gasteiger partial charge is 0.356 e. The first-order valence-electron chi connectivity index (χ1n) is 8.49. The molecular weight excluding hydrogens is 459 g/mol. The Bertz CT molecular complexity index is 686. The second-order valence-corrected chi connectivity index (χ2v) is 6.67. The predicted molar refractivity (Wildman–Crippen MR) is 123 cm³/mol. The molecule has 2 aromatic rings. The summed E-state index contributed by atoms with van der Waals surface area (Å²) >= 11 is 5.91. The Morgan fingerprint density at radius 1 is 1.00 bits per heavy atom. The molecule has 2 aromatic carbocycles. The molecule has 0 spiro atoms. The second kappa shape index (κ2) is 12.1. The Labute approximate surface area is 179 Å². The van der Waals surface area contributed by atoms with Crippen molar-refractivity contribution in [1.29, 1.82) is 0 Å². The standard InChI is InChI=1S/C20H27ClN4.HI/c1-22-20(23-13-12-16-8-10-19(21)11-9-16)24-14-17-6-4-5-7-18(17)15-25(2)3;/h4-11H,12-15H2,1-3H3,(H2,22,23,24);1H.